The largest absolute Gasteiger partial charge is 0.489 e. The van der Waals surface area contributed by atoms with Crippen molar-refractivity contribution in [3.8, 4) is 17.2 Å². The van der Waals surface area contributed by atoms with Crippen LogP contribution in [0.3, 0.4) is 0 Å². The third kappa shape index (κ3) is 7.20. The Morgan fingerprint density at radius 2 is 2.09 bits per heavy atom. The first-order chi connectivity index (χ1) is 16.0. The summed E-state index contributed by atoms with van der Waals surface area (Å²) in [6, 6.07) is 3.55. The second kappa shape index (κ2) is 12.2. The zero-order valence-corrected chi connectivity index (χ0v) is 19.3. The number of carboxylic acids is 1. The van der Waals surface area contributed by atoms with Gasteiger partial charge in [-0.15, -0.1) is 0 Å². The van der Waals surface area contributed by atoms with E-state index in [0.717, 1.165) is 44.1 Å². The molecule has 1 saturated carbocycles. The zero-order valence-electron chi connectivity index (χ0n) is 19.3. The van der Waals surface area contributed by atoms with Gasteiger partial charge in [-0.05, 0) is 51.2 Å². The monoisotopic (exact) mass is 459 g/mol. The number of hydrogen-bond donors (Lipinski definition) is 2. The lowest BCUT2D eigenvalue weighted by atomic mass is 9.87. The fraction of sp³-hybridized carbons (Fsp3) is 0.583. The van der Waals surface area contributed by atoms with E-state index in [0.29, 0.717) is 42.3 Å². The van der Waals surface area contributed by atoms with Gasteiger partial charge in [0.05, 0.1) is 37.1 Å². The topological polar surface area (TPSA) is 124 Å². The summed E-state index contributed by atoms with van der Waals surface area (Å²) in [6.07, 6.45) is 8.03. The molecule has 1 amide bonds. The molecule has 0 aliphatic heterocycles. The first-order valence-electron chi connectivity index (χ1n) is 11.7. The van der Waals surface area contributed by atoms with Crippen molar-refractivity contribution in [2.24, 2.45) is 5.92 Å². The van der Waals surface area contributed by atoms with E-state index in [4.69, 9.17) is 14.0 Å². The third-order valence-electron chi connectivity index (χ3n) is 5.87. The average molecular weight is 460 g/mol. The number of aryl methyl sites for hydroxylation is 1. The van der Waals surface area contributed by atoms with Crippen molar-refractivity contribution in [2.75, 3.05) is 6.61 Å². The fourth-order valence-corrected chi connectivity index (χ4v) is 3.96. The molecule has 9 heteroatoms. The van der Waals surface area contributed by atoms with Gasteiger partial charge in [-0.2, -0.15) is 0 Å². The third-order valence-corrected chi connectivity index (χ3v) is 5.87. The quantitative estimate of drug-likeness (QED) is 0.456. The minimum absolute atomic E-state index is 0.132. The Morgan fingerprint density at radius 1 is 1.24 bits per heavy atom. The van der Waals surface area contributed by atoms with Crippen molar-refractivity contribution >= 4 is 12.1 Å². The van der Waals surface area contributed by atoms with Crippen LogP contribution in [0.2, 0.25) is 0 Å². The molecule has 2 N–H and O–H groups in total. The van der Waals surface area contributed by atoms with E-state index in [2.05, 4.69) is 22.4 Å². The van der Waals surface area contributed by atoms with Crippen molar-refractivity contribution in [1.82, 2.24) is 15.5 Å². The number of carboxylic acid groups (broad SMARTS) is 1. The van der Waals surface area contributed by atoms with Gasteiger partial charge in [0.25, 0.3) is 0 Å². The molecular weight excluding hydrogens is 426 g/mol. The lowest BCUT2D eigenvalue weighted by Crippen LogP contribution is -2.29. The van der Waals surface area contributed by atoms with Gasteiger partial charge in [0.15, 0.2) is 5.76 Å². The number of nitrogens with one attached hydrogen (secondary N) is 1. The predicted molar refractivity (Wildman–Crippen MR) is 121 cm³/mol. The number of carbonyl (C=O) groups is 2. The van der Waals surface area contributed by atoms with E-state index < -0.39 is 12.1 Å². The molecule has 0 aromatic carbocycles. The highest BCUT2D eigenvalue weighted by Crippen LogP contribution is 2.29. The number of unbranched alkanes of at least 4 members (excludes halogenated alkanes) is 3. The van der Waals surface area contributed by atoms with Crippen LogP contribution in [-0.2, 0) is 16.1 Å². The maximum absolute atomic E-state index is 12.0. The Kier molecular flexibility index (Phi) is 9.09. The summed E-state index contributed by atoms with van der Waals surface area (Å²) in [7, 11) is 0. The lowest BCUT2D eigenvalue weighted by Gasteiger charge is -2.27. The predicted octanol–water partition coefficient (Wildman–Crippen LogP) is 4.87. The van der Waals surface area contributed by atoms with Gasteiger partial charge in [-0.1, -0.05) is 31.3 Å². The number of amides is 1. The van der Waals surface area contributed by atoms with E-state index in [1.54, 1.807) is 25.3 Å². The summed E-state index contributed by atoms with van der Waals surface area (Å²) in [4.78, 5) is 27.7. The van der Waals surface area contributed by atoms with Crippen molar-refractivity contribution < 1.29 is 28.7 Å². The number of rotatable bonds is 11. The van der Waals surface area contributed by atoms with E-state index >= 15 is 0 Å². The smallest absolute Gasteiger partial charge is 0.407 e. The Bertz CT molecular complexity index is 911. The first kappa shape index (κ1) is 24.5. The van der Waals surface area contributed by atoms with Crippen LogP contribution >= 0.6 is 0 Å². The van der Waals surface area contributed by atoms with Gasteiger partial charge in [-0.25, -0.2) is 9.78 Å². The van der Waals surface area contributed by atoms with Crippen LogP contribution < -0.4 is 10.1 Å². The number of aromatic nitrogens is 2. The fourth-order valence-electron chi connectivity index (χ4n) is 3.96. The highest BCUT2D eigenvalue weighted by molar-refractivity contribution is 5.70. The van der Waals surface area contributed by atoms with Crippen LogP contribution in [0.15, 0.2) is 22.9 Å². The molecule has 0 saturated heterocycles. The number of pyridine rings is 1. The molecule has 33 heavy (non-hydrogen) atoms. The Hall–Kier alpha value is -3.10. The molecule has 1 aliphatic carbocycles. The molecule has 2 atom stereocenters. The number of aliphatic carboxylic acids is 1. The van der Waals surface area contributed by atoms with Crippen LogP contribution in [0.5, 0.6) is 5.75 Å². The number of hydrogen-bond acceptors (Lipinski definition) is 7. The molecule has 0 bridgehead atoms. The van der Waals surface area contributed by atoms with Crippen LogP contribution in [0, 0.1) is 12.8 Å². The number of nitrogens with zero attached hydrogens (tertiary/aromatic N) is 2. The molecular formula is C24H33N3O6. The maximum atomic E-state index is 12.0. The summed E-state index contributed by atoms with van der Waals surface area (Å²) >= 11 is 0. The van der Waals surface area contributed by atoms with E-state index in [1.165, 1.54) is 0 Å². The van der Waals surface area contributed by atoms with Crippen molar-refractivity contribution in [3.05, 3.63) is 29.6 Å². The van der Waals surface area contributed by atoms with E-state index in [9.17, 15) is 14.7 Å². The minimum Gasteiger partial charge on any atom is -0.489 e. The first-order valence-corrected chi connectivity index (χ1v) is 11.7. The number of ether oxygens (including phenoxy) is 2. The molecule has 2 aromatic rings. The lowest BCUT2D eigenvalue weighted by molar-refractivity contribution is -0.143. The van der Waals surface area contributed by atoms with Crippen LogP contribution in [0.25, 0.3) is 11.5 Å². The molecule has 0 spiro atoms. The average Bonchev–Trinajstić information content (AvgIpc) is 3.18. The summed E-state index contributed by atoms with van der Waals surface area (Å²) in [6.45, 7) is 4.56. The SMILES string of the molecule is CCCCCCOC(=O)NCc1c(C)noc1-c1ccc(OC2CCCC(C(=O)O)C2)cn1. The summed E-state index contributed by atoms with van der Waals surface area (Å²) in [5.41, 5.74) is 1.97. The van der Waals surface area contributed by atoms with Gasteiger partial charge in [0.1, 0.15) is 11.4 Å². The van der Waals surface area contributed by atoms with Gasteiger partial charge >= 0.3 is 12.1 Å². The maximum Gasteiger partial charge on any atom is 0.407 e. The standard InChI is InChI=1S/C24H33N3O6/c1-3-4-5-6-12-31-24(30)26-15-20-16(2)27-33-22(20)21-11-10-19(14-25-21)32-18-9-7-8-17(13-18)23(28)29/h10-11,14,17-18H,3-9,12-13,15H2,1-2H3,(H,26,30)(H,28,29). The summed E-state index contributed by atoms with van der Waals surface area (Å²) in [5, 5.41) is 16.0. The van der Waals surface area contributed by atoms with Crippen LogP contribution in [-0.4, -0.2) is 40.0 Å². The summed E-state index contributed by atoms with van der Waals surface area (Å²) in [5.74, 6) is -0.0616. The van der Waals surface area contributed by atoms with Crippen molar-refractivity contribution in [1.29, 1.82) is 0 Å². The molecule has 1 fully saturated rings. The molecule has 2 aromatic heterocycles. The van der Waals surface area contributed by atoms with E-state index in [-0.39, 0.29) is 18.6 Å². The van der Waals surface area contributed by atoms with Gasteiger partial charge in [0, 0.05) is 5.56 Å². The van der Waals surface area contributed by atoms with Crippen molar-refractivity contribution in [2.45, 2.75) is 77.9 Å². The van der Waals surface area contributed by atoms with Gasteiger partial charge in [-0.3, -0.25) is 4.79 Å². The van der Waals surface area contributed by atoms with Crippen LogP contribution in [0.1, 0.15) is 69.5 Å². The van der Waals surface area contributed by atoms with E-state index in [1.807, 2.05) is 0 Å². The number of alkyl carbamates (subject to hydrolysis) is 1. The second-order valence-electron chi connectivity index (χ2n) is 8.45. The summed E-state index contributed by atoms with van der Waals surface area (Å²) < 4.78 is 16.6. The van der Waals surface area contributed by atoms with Gasteiger partial charge < -0.3 is 24.4 Å². The molecule has 180 valence electrons. The Balaban J connectivity index is 1.55. The van der Waals surface area contributed by atoms with Crippen molar-refractivity contribution in [3.63, 3.8) is 0 Å². The Morgan fingerprint density at radius 3 is 2.82 bits per heavy atom. The zero-order chi connectivity index (χ0) is 23.6. The van der Waals surface area contributed by atoms with Crippen LogP contribution in [0.4, 0.5) is 4.79 Å². The van der Waals surface area contributed by atoms with Gasteiger partial charge in [0.2, 0.25) is 0 Å². The highest BCUT2D eigenvalue weighted by Gasteiger charge is 2.28. The highest BCUT2D eigenvalue weighted by atomic mass is 16.5. The molecule has 9 nitrogen and oxygen atoms in total. The number of carbonyl (C=O) groups excluding carboxylic acids is 1. The second-order valence-corrected chi connectivity index (χ2v) is 8.45. The minimum atomic E-state index is -0.765. The molecule has 2 heterocycles. The molecule has 0 radical (unpaired) electrons. The Labute approximate surface area is 193 Å². The normalized spacial score (nSPS) is 18.0. The molecule has 2 unspecified atom stereocenters. The molecule has 1 aliphatic rings. The molecule has 3 rings (SSSR count).